The molecule has 0 atom stereocenters. The minimum absolute atomic E-state index is 0.0202. The topological polar surface area (TPSA) is 76.1 Å². The van der Waals surface area contributed by atoms with Gasteiger partial charge in [-0.2, -0.15) is 4.31 Å². The van der Waals surface area contributed by atoms with Crippen LogP contribution < -0.4 is 14.4 Å². The summed E-state index contributed by atoms with van der Waals surface area (Å²) in [6, 6.07) is 11.6. The molecule has 0 unspecified atom stereocenters. The molecule has 0 N–H and O–H groups in total. The molecular weight excluding hydrogens is 392 g/mol. The van der Waals surface area contributed by atoms with Crippen molar-refractivity contribution in [3.63, 3.8) is 0 Å². The highest BCUT2D eigenvalue weighted by molar-refractivity contribution is 7.89. The first-order valence-electron chi connectivity index (χ1n) is 9.49. The lowest BCUT2D eigenvalue weighted by Gasteiger charge is -2.27. The van der Waals surface area contributed by atoms with Gasteiger partial charge < -0.3 is 14.4 Å². The van der Waals surface area contributed by atoms with Crippen molar-refractivity contribution in [2.45, 2.75) is 24.2 Å². The van der Waals surface area contributed by atoms with Crippen molar-refractivity contribution >= 4 is 21.6 Å². The molecule has 0 aliphatic carbocycles. The lowest BCUT2D eigenvalue weighted by atomic mass is 10.1. The Balaban J connectivity index is 1.96. The SMILES string of the molecule is COc1cccc(N(C)C(=O)c2ccc(OC)c(S(=O)(=O)N3CCCCC3)c2)c1. The zero-order chi connectivity index (χ0) is 21.0. The fraction of sp³-hybridized carbons (Fsp3) is 0.381. The molecule has 1 aliphatic rings. The number of nitrogens with zero attached hydrogens (tertiary/aromatic N) is 2. The van der Waals surface area contributed by atoms with Crippen molar-refractivity contribution < 1.29 is 22.7 Å². The molecule has 1 aliphatic heterocycles. The standard InChI is InChI=1S/C21H26N2O5S/c1-22(17-8-7-9-18(15-17)27-2)21(24)16-10-11-19(28-3)20(14-16)29(25,26)23-12-5-4-6-13-23/h7-11,14-15H,4-6,12-13H2,1-3H3. The molecule has 2 aromatic carbocycles. The number of carbonyl (C=O) groups is 1. The van der Waals surface area contributed by atoms with E-state index in [1.165, 1.54) is 28.4 Å². The molecule has 0 spiro atoms. The number of methoxy groups -OCH3 is 2. The monoisotopic (exact) mass is 418 g/mol. The highest BCUT2D eigenvalue weighted by Crippen LogP contribution is 2.30. The minimum atomic E-state index is -3.74. The van der Waals surface area contributed by atoms with Gasteiger partial charge in [-0.1, -0.05) is 12.5 Å². The molecular formula is C21H26N2O5S. The average Bonchev–Trinajstić information content (AvgIpc) is 2.78. The van der Waals surface area contributed by atoms with Crippen LogP contribution in [-0.2, 0) is 10.0 Å². The van der Waals surface area contributed by atoms with E-state index in [9.17, 15) is 13.2 Å². The number of carbonyl (C=O) groups excluding carboxylic acids is 1. The van der Waals surface area contributed by atoms with E-state index >= 15 is 0 Å². The third-order valence-electron chi connectivity index (χ3n) is 5.09. The van der Waals surface area contributed by atoms with Gasteiger partial charge in [0, 0.05) is 37.5 Å². The van der Waals surface area contributed by atoms with Crippen LogP contribution in [0.3, 0.4) is 0 Å². The third kappa shape index (κ3) is 4.38. The van der Waals surface area contributed by atoms with Crippen molar-refractivity contribution in [3.05, 3.63) is 48.0 Å². The van der Waals surface area contributed by atoms with Crippen LogP contribution in [0, 0.1) is 0 Å². The van der Waals surface area contributed by atoms with Crippen LogP contribution >= 0.6 is 0 Å². The van der Waals surface area contributed by atoms with Gasteiger partial charge >= 0.3 is 0 Å². The first kappa shape index (κ1) is 21.1. The van der Waals surface area contributed by atoms with Crippen LogP contribution in [0.5, 0.6) is 11.5 Å². The zero-order valence-corrected chi connectivity index (χ0v) is 17.7. The summed E-state index contributed by atoms with van der Waals surface area (Å²) in [7, 11) is 0.878. The Morgan fingerprint density at radius 2 is 1.72 bits per heavy atom. The minimum Gasteiger partial charge on any atom is -0.497 e. The Kier molecular flexibility index (Phi) is 6.44. The predicted molar refractivity (Wildman–Crippen MR) is 111 cm³/mol. The van der Waals surface area contributed by atoms with Crippen molar-refractivity contribution in [2.24, 2.45) is 0 Å². The van der Waals surface area contributed by atoms with Gasteiger partial charge in [-0.15, -0.1) is 0 Å². The van der Waals surface area contributed by atoms with Crippen LogP contribution in [0.1, 0.15) is 29.6 Å². The first-order chi connectivity index (χ1) is 13.9. The number of anilines is 1. The molecule has 1 fully saturated rings. The molecule has 1 saturated heterocycles. The van der Waals surface area contributed by atoms with E-state index in [2.05, 4.69) is 0 Å². The summed E-state index contributed by atoms with van der Waals surface area (Å²) >= 11 is 0. The van der Waals surface area contributed by atoms with Gasteiger partial charge in [0.1, 0.15) is 16.4 Å². The number of benzene rings is 2. The van der Waals surface area contributed by atoms with Crippen molar-refractivity contribution in [1.82, 2.24) is 4.31 Å². The average molecular weight is 419 g/mol. The maximum atomic E-state index is 13.2. The van der Waals surface area contributed by atoms with E-state index in [4.69, 9.17) is 9.47 Å². The number of amides is 1. The smallest absolute Gasteiger partial charge is 0.258 e. The van der Waals surface area contributed by atoms with E-state index in [1.54, 1.807) is 44.5 Å². The molecule has 0 saturated carbocycles. The molecule has 0 bridgehead atoms. The van der Waals surface area contributed by atoms with Crippen LogP contribution in [0.4, 0.5) is 5.69 Å². The molecule has 0 aromatic heterocycles. The Morgan fingerprint density at radius 1 is 1.00 bits per heavy atom. The predicted octanol–water partition coefficient (Wildman–Crippen LogP) is 3.16. The number of ether oxygens (including phenoxy) is 2. The second-order valence-electron chi connectivity index (χ2n) is 6.90. The molecule has 1 amide bonds. The molecule has 8 heteroatoms. The maximum absolute atomic E-state index is 13.2. The molecule has 0 radical (unpaired) electrons. The van der Waals surface area contributed by atoms with Gasteiger partial charge in [-0.3, -0.25) is 4.79 Å². The van der Waals surface area contributed by atoms with E-state index in [0.29, 0.717) is 24.5 Å². The van der Waals surface area contributed by atoms with Crippen molar-refractivity contribution in [3.8, 4) is 11.5 Å². The first-order valence-corrected chi connectivity index (χ1v) is 10.9. The van der Waals surface area contributed by atoms with E-state index < -0.39 is 10.0 Å². The van der Waals surface area contributed by atoms with Gasteiger partial charge in [-0.05, 0) is 43.2 Å². The Morgan fingerprint density at radius 3 is 2.38 bits per heavy atom. The van der Waals surface area contributed by atoms with E-state index in [-0.39, 0.29) is 22.1 Å². The summed E-state index contributed by atoms with van der Waals surface area (Å²) in [6.45, 7) is 0.959. The molecule has 7 nitrogen and oxygen atoms in total. The number of sulfonamides is 1. The molecule has 156 valence electrons. The summed E-state index contributed by atoms with van der Waals surface area (Å²) in [4.78, 5) is 14.5. The fourth-order valence-corrected chi connectivity index (χ4v) is 5.08. The largest absolute Gasteiger partial charge is 0.497 e. The Labute approximate surface area is 171 Å². The van der Waals surface area contributed by atoms with Gasteiger partial charge in [0.2, 0.25) is 10.0 Å². The molecule has 2 aromatic rings. The lowest BCUT2D eigenvalue weighted by Crippen LogP contribution is -2.36. The number of piperidine rings is 1. The second-order valence-corrected chi connectivity index (χ2v) is 8.80. The summed E-state index contributed by atoms with van der Waals surface area (Å²) in [5, 5.41) is 0. The number of hydrogen-bond acceptors (Lipinski definition) is 5. The van der Waals surface area contributed by atoms with Crippen LogP contribution in [-0.4, -0.2) is 53.0 Å². The number of hydrogen-bond donors (Lipinski definition) is 0. The fourth-order valence-electron chi connectivity index (χ4n) is 3.39. The second kappa shape index (κ2) is 8.84. The maximum Gasteiger partial charge on any atom is 0.258 e. The van der Waals surface area contributed by atoms with Gasteiger partial charge in [0.25, 0.3) is 5.91 Å². The van der Waals surface area contributed by atoms with Crippen LogP contribution in [0.15, 0.2) is 47.4 Å². The Bertz CT molecular complexity index is 984. The summed E-state index contributed by atoms with van der Waals surface area (Å²) in [6.07, 6.45) is 2.69. The van der Waals surface area contributed by atoms with Gasteiger partial charge in [0.15, 0.2) is 0 Å². The third-order valence-corrected chi connectivity index (χ3v) is 7.01. The molecule has 29 heavy (non-hydrogen) atoms. The molecule has 3 rings (SSSR count). The quantitative estimate of drug-likeness (QED) is 0.720. The highest BCUT2D eigenvalue weighted by Gasteiger charge is 2.30. The summed E-state index contributed by atoms with van der Waals surface area (Å²) < 4.78 is 38.3. The highest BCUT2D eigenvalue weighted by atomic mass is 32.2. The van der Waals surface area contributed by atoms with E-state index in [0.717, 1.165) is 19.3 Å². The summed E-state index contributed by atoms with van der Waals surface area (Å²) in [5.74, 6) is 0.539. The normalized spacial score (nSPS) is 15.0. The van der Waals surface area contributed by atoms with Gasteiger partial charge in [0.05, 0.1) is 14.2 Å². The van der Waals surface area contributed by atoms with E-state index in [1.807, 2.05) is 0 Å². The van der Waals surface area contributed by atoms with Crippen LogP contribution in [0.2, 0.25) is 0 Å². The lowest BCUT2D eigenvalue weighted by molar-refractivity contribution is 0.0992. The molecule has 1 heterocycles. The zero-order valence-electron chi connectivity index (χ0n) is 16.9. The van der Waals surface area contributed by atoms with Crippen LogP contribution in [0.25, 0.3) is 0 Å². The number of rotatable bonds is 6. The van der Waals surface area contributed by atoms with Gasteiger partial charge in [-0.25, -0.2) is 8.42 Å². The summed E-state index contributed by atoms with van der Waals surface area (Å²) in [5.41, 5.74) is 0.914. The van der Waals surface area contributed by atoms with Crippen molar-refractivity contribution in [2.75, 3.05) is 39.3 Å². The van der Waals surface area contributed by atoms with Crippen molar-refractivity contribution in [1.29, 1.82) is 0 Å². The Hall–Kier alpha value is -2.58.